The molecule has 0 N–H and O–H groups in total. The zero-order valence-electron chi connectivity index (χ0n) is 18.1. The van der Waals surface area contributed by atoms with Gasteiger partial charge in [0.05, 0.1) is 28.4 Å². The number of nitro groups is 1. The Kier molecular flexibility index (Phi) is 8.13. The van der Waals surface area contributed by atoms with Gasteiger partial charge in [0, 0.05) is 11.8 Å². The molecule has 0 saturated heterocycles. The number of alkyl halides is 1. The van der Waals surface area contributed by atoms with E-state index in [9.17, 15) is 10.1 Å². The molecule has 0 bridgehead atoms. The highest BCUT2D eigenvalue weighted by Gasteiger charge is 2.47. The van der Waals surface area contributed by atoms with Gasteiger partial charge in [-0.2, -0.15) is 0 Å². The van der Waals surface area contributed by atoms with Gasteiger partial charge in [0.2, 0.25) is 0 Å². The van der Waals surface area contributed by atoms with Crippen LogP contribution in [-0.2, 0) is 4.74 Å². The van der Waals surface area contributed by atoms with Crippen molar-refractivity contribution >= 4 is 11.6 Å². The lowest BCUT2D eigenvalue weighted by Gasteiger charge is -2.29. The molecule has 0 aliphatic heterocycles. The number of ether oxygens (including phenoxy) is 5. The van der Waals surface area contributed by atoms with E-state index in [0.29, 0.717) is 34.1 Å². The maximum absolute atomic E-state index is 11.8. The minimum Gasteiger partial charge on any atom is -0.493 e. The lowest BCUT2D eigenvalue weighted by atomic mass is 10.0. The van der Waals surface area contributed by atoms with Gasteiger partial charge >= 0.3 is 5.00 Å². The molecule has 0 aromatic heterocycles. The highest BCUT2D eigenvalue weighted by molar-refractivity contribution is 6.22. The van der Waals surface area contributed by atoms with Crippen LogP contribution in [0.3, 0.4) is 0 Å². The predicted octanol–water partition coefficient (Wildman–Crippen LogP) is 4.94. The summed E-state index contributed by atoms with van der Waals surface area (Å²) in [5.41, 5.74) is 1.10. The van der Waals surface area contributed by atoms with Crippen LogP contribution in [0.4, 0.5) is 0 Å². The van der Waals surface area contributed by atoms with Crippen molar-refractivity contribution in [1.29, 1.82) is 0 Å². The molecule has 0 fully saturated rings. The third-order valence-corrected chi connectivity index (χ3v) is 5.11. The van der Waals surface area contributed by atoms with Crippen LogP contribution >= 0.6 is 11.6 Å². The molecular formula is C22H26ClNO7. The summed E-state index contributed by atoms with van der Waals surface area (Å²) in [6, 6.07) is 10.1. The number of halogens is 1. The SMILES string of the molecule is C=C[C@H](O[C@H](c1ccc(OC)c(OC)c1)C(C)(Cl)[N+](=O)[O-])c1ccc(OC)c(OC)c1. The fourth-order valence-corrected chi connectivity index (χ4v) is 3.24. The van der Waals surface area contributed by atoms with E-state index in [0.717, 1.165) is 0 Å². The Hall–Kier alpha value is -2.97. The normalized spacial score (nSPS) is 14.6. The number of nitrogens with zero attached hydrogens (tertiary/aromatic N) is 1. The molecule has 2 rings (SSSR count). The summed E-state index contributed by atoms with van der Waals surface area (Å²) in [5.74, 6) is 1.90. The Morgan fingerprint density at radius 1 is 0.935 bits per heavy atom. The summed E-state index contributed by atoms with van der Waals surface area (Å²) in [4.78, 5) is 9.21. The van der Waals surface area contributed by atoms with Crippen molar-refractivity contribution in [2.24, 2.45) is 0 Å². The van der Waals surface area contributed by atoms with Crippen LogP contribution in [-0.4, -0.2) is 38.4 Å². The molecule has 168 valence electrons. The van der Waals surface area contributed by atoms with E-state index in [1.807, 2.05) is 0 Å². The fourth-order valence-electron chi connectivity index (χ4n) is 3.07. The van der Waals surface area contributed by atoms with Gasteiger partial charge in [-0.25, -0.2) is 0 Å². The highest BCUT2D eigenvalue weighted by Crippen LogP contribution is 2.43. The van der Waals surface area contributed by atoms with Gasteiger partial charge in [-0.1, -0.05) is 18.2 Å². The van der Waals surface area contributed by atoms with Crippen LogP contribution in [0.25, 0.3) is 0 Å². The van der Waals surface area contributed by atoms with Gasteiger partial charge in [0.1, 0.15) is 6.10 Å². The first kappa shape index (κ1) is 24.3. The zero-order chi connectivity index (χ0) is 23.2. The molecule has 9 heteroatoms. The van der Waals surface area contributed by atoms with Gasteiger partial charge in [0.15, 0.2) is 29.1 Å². The smallest absolute Gasteiger partial charge is 0.322 e. The van der Waals surface area contributed by atoms with Crippen LogP contribution < -0.4 is 18.9 Å². The summed E-state index contributed by atoms with van der Waals surface area (Å²) in [5, 5.41) is 11.8. The first-order chi connectivity index (χ1) is 14.7. The molecule has 0 amide bonds. The third-order valence-electron chi connectivity index (χ3n) is 4.78. The number of hydrogen-bond acceptors (Lipinski definition) is 7. The molecule has 0 aliphatic carbocycles. The first-order valence-electron chi connectivity index (χ1n) is 9.28. The average molecular weight is 452 g/mol. The molecule has 0 saturated carbocycles. The van der Waals surface area contributed by atoms with Crippen molar-refractivity contribution < 1.29 is 28.6 Å². The van der Waals surface area contributed by atoms with Crippen molar-refractivity contribution in [3.8, 4) is 23.0 Å². The summed E-state index contributed by atoms with van der Waals surface area (Å²) < 4.78 is 27.3. The van der Waals surface area contributed by atoms with Crippen LogP contribution in [0.15, 0.2) is 49.1 Å². The van der Waals surface area contributed by atoms with Gasteiger partial charge < -0.3 is 23.7 Å². The molecule has 3 atom stereocenters. The topological polar surface area (TPSA) is 89.3 Å². The Morgan fingerprint density at radius 2 is 1.39 bits per heavy atom. The Labute approximate surface area is 186 Å². The van der Waals surface area contributed by atoms with Gasteiger partial charge in [-0.05, 0) is 47.0 Å². The maximum atomic E-state index is 11.8. The molecule has 31 heavy (non-hydrogen) atoms. The summed E-state index contributed by atoms with van der Waals surface area (Å²) in [6.45, 7) is 5.10. The van der Waals surface area contributed by atoms with E-state index in [1.165, 1.54) is 41.4 Å². The van der Waals surface area contributed by atoms with E-state index in [2.05, 4.69) is 6.58 Å². The van der Waals surface area contributed by atoms with Crippen LogP contribution in [0.1, 0.15) is 30.3 Å². The van der Waals surface area contributed by atoms with Gasteiger partial charge in [0.25, 0.3) is 0 Å². The fraction of sp³-hybridized carbons (Fsp3) is 0.364. The van der Waals surface area contributed by atoms with Crippen molar-refractivity contribution in [2.75, 3.05) is 28.4 Å². The maximum Gasteiger partial charge on any atom is 0.322 e. The second-order valence-corrected chi connectivity index (χ2v) is 7.45. The van der Waals surface area contributed by atoms with Gasteiger partial charge in [-0.3, -0.25) is 10.1 Å². The van der Waals surface area contributed by atoms with Crippen molar-refractivity contribution in [3.63, 3.8) is 0 Å². The quantitative estimate of drug-likeness (QED) is 0.157. The zero-order valence-corrected chi connectivity index (χ0v) is 18.8. The molecule has 0 aliphatic rings. The standard InChI is InChI=1S/C22H26ClNO7/c1-7-16(14-8-10-17(27-3)19(12-14)29-5)31-21(22(2,23)24(25)26)15-9-11-18(28-4)20(13-15)30-6/h7-13,16,21H,1H2,2-6H3/t16-,21+,22?/m0/s1. The Bertz CT molecular complexity index is 932. The monoisotopic (exact) mass is 451 g/mol. The average Bonchev–Trinajstić information content (AvgIpc) is 2.78. The third kappa shape index (κ3) is 5.21. The predicted molar refractivity (Wildman–Crippen MR) is 117 cm³/mol. The van der Waals surface area contributed by atoms with Gasteiger partial charge in [-0.15, -0.1) is 6.58 Å². The van der Waals surface area contributed by atoms with Crippen molar-refractivity contribution in [3.05, 3.63) is 70.3 Å². The largest absolute Gasteiger partial charge is 0.493 e. The molecule has 0 radical (unpaired) electrons. The summed E-state index contributed by atoms with van der Waals surface area (Å²) in [6.07, 6.45) is -0.349. The minimum atomic E-state index is -1.97. The molecule has 0 spiro atoms. The van der Waals surface area contributed by atoms with E-state index in [4.69, 9.17) is 35.3 Å². The van der Waals surface area contributed by atoms with E-state index >= 15 is 0 Å². The van der Waals surface area contributed by atoms with Crippen molar-refractivity contribution in [1.82, 2.24) is 0 Å². The van der Waals surface area contributed by atoms with E-state index in [-0.39, 0.29) is 0 Å². The number of rotatable bonds is 11. The van der Waals surface area contributed by atoms with Crippen LogP contribution in [0, 0.1) is 10.1 Å². The molecular weight excluding hydrogens is 426 g/mol. The lowest BCUT2D eigenvalue weighted by Crippen LogP contribution is -2.37. The molecule has 2 aromatic carbocycles. The molecule has 2 aromatic rings. The van der Waals surface area contributed by atoms with Crippen molar-refractivity contribution in [2.45, 2.75) is 24.1 Å². The Balaban J connectivity index is 2.52. The van der Waals surface area contributed by atoms with E-state index < -0.39 is 22.1 Å². The number of methoxy groups -OCH3 is 4. The lowest BCUT2D eigenvalue weighted by molar-refractivity contribution is -0.553. The highest BCUT2D eigenvalue weighted by atomic mass is 35.5. The number of benzene rings is 2. The number of hydrogen-bond donors (Lipinski definition) is 0. The Morgan fingerprint density at radius 3 is 1.81 bits per heavy atom. The van der Waals surface area contributed by atoms with Crippen LogP contribution in [0.5, 0.6) is 23.0 Å². The summed E-state index contributed by atoms with van der Waals surface area (Å²) in [7, 11) is 6.02. The molecule has 0 heterocycles. The van der Waals surface area contributed by atoms with Crippen LogP contribution in [0.2, 0.25) is 0 Å². The van der Waals surface area contributed by atoms with E-state index in [1.54, 1.807) is 36.4 Å². The molecule has 1 unspecified atom stereocenters. The molecule has 8 nitrogen and oxygen atoms in total. The second-order valence-electron chi connectivity index (χ2n) is 6.68. The summed E-state index contributed by atoms with van der Waals surface area (Å²) >= 11 is 6.36. The minimum absolute atomic E-state index is 0.394. The first-order valence-corrected chi connectivity index (χ1v) is 9.66. The second kappa shape index (κ2) is 10.4.